The molecule has 10 rings (SSSR count). The van der Waals surface area contributed by atoms with Crippen LogP contribution in [0.15, 0.2) is 146 Å². The maximum Gasteiger partial charge on any atom is 0.354 e. The van der Waals surface area contributed by atoms with Gasteiger partial charge in [0.05, 0.1) is 19.7 Å². The van der Waals surface area contributed by atoms with E-state index in [-0.39, 0.29) is 25.8 Å². The van der Waals surface area contributed by atoms with Crippen molar-refractivity contribution in [3.63, 3.8) is 0 Å². The Labute approximate surface area is 334 Å². The van der Waals surface area contributed by atoms with E-state index >= 15 is 0 Å². The Morgan fingerprint density at radius 1 is 0.518 bits per heavy atom. The molecule has 3 heterocycles. The van der Waals surface area contributed by atoms with Gasteiger partial charge in [-0.3, -0.25) is 0 Å². The van der Waals surface area contributed by atoms with Gasteiger partial charge < -0.3 is 14.6 Å². The van der Waals surface area contributed by atoms with Crippen LogP contribution in [-0.4, -0.2) is 60.3 Å². The third-order valence-corrected chi connectivity index (χ3v) is 8.81. The zero-order chi connectivity index (χ0) is 37.7. The molecule has 0 unspecified atom stereocenters. The smallest absolute Gasteiger partial charge is 0.354 e. The quantitative estimate of drug-likeness (QED) is 0.169. The van der Waals surface area contributed by atoms with Gasteiger partial charge in [0.25, 0.3) is 0 Å². The molecular formula is C44H31IrN7O4-2. The average Bonchev–Trinajstić information content (AvgIpc) is 3.88. The molecule has 277 valence electrons. The van der Waals surface area contributed by atoms with Crippen molar-refractivity contribution in [2.24, 2.45) is 0 Å². The number of methoxy groups -OCH3 is 2. The Morgan fingerprint density at radius 2 is 0.893 bits per heavy atom. The minimum Gasteiger partial charge on any atom is -0.554 e. The molecule has 0 saturated heterocycles. The van der Waals surface area contributed by atoms with Crippen molar-refractivity contribution in [3.05, 3.63) is 163 Å². The molecule has 0 bridgehead atoms. The summed E-state index contributed by atoms with van der Waals surface area (Å²) in [5.74, 6) is 0.600. The summed E-state index contributed by atoms with van der Waals surface area (Å²) < 4.78 is 10.8. The van der Waals surface area contributed by atoms with Crippen LogP contribution in [-0.2, 0) is 20.1 Å². The van der Waals surface area contributed by atoms with Gasteiger partial charge >= 0.3 is 5.97 Å². The van der Waals surface area contributed by atoms with E-state index in [0.29, 0.717) is 5.52 Å². The van der Waals surface area contributed by atoms with E-state index in [4.69, 9.17) is 14.6 Å². The van der Waals surface area contributed by atoms with Gasteiger partial charge in [0.2, 0.25) is 0 Å². The molecule has 1 N–H and O–H groups in total. The number of nitrogens with zero attached hydrogens (tertiary/aromatic N) is 7. The number of hydrogen-bond donors (Lipinski definition) is 1. The van der Waals surface area contributed by atoms with Gasteiger partial charge in [-0.25, -0.2) is 9.78 Å². The molecule has 7 aromatic carbocycles. The first kappa shape index (κ1) is 37.3. The molecule has 11 nitrogen and oxygen atoms in total. The van der Waals surface area contributed by atoms with E-state index in [1.54, 1.807) is 35.9 Å². The number of pyridine rings is 1. The van der Waals surface area contributed by atoms with Crippen LogP contribution in [0.25, 0.3) is 65.9 Å². The number of aromatic carboxylic acids is 1. The van der Waals surface area contributed by atoms with Crippen LogP contribution in [0.1, 0.15) is 10.5 Å². The summed E-state index contributed by atoms with van der Waals surface area (Å²) in [6, 6.07) is 52.4. The van der Waals surface area contributed by atoms with Gasteiger partial charge in [0, 0.05) is 37.0 Å². The maximum absolute atomic E-state index is 10.6. The number of carbonyl (C=O) groups is 1. The van der Waals surface area contributed by atoms with E-state index in [1.165, 1.54) is 6.07 Å². The topological polar surface area (TPSA) is 130 Å². The summed E-state index contributed by atoms with van der Waals surface area (Å²) in [7, 11) is 3.32. The van der Waals surface area contributed by atoms with Gasteiger partial charge in [-0.05, 0) is 47.8 Å². The second kappa shape index (κ2) is 16.6. The Morgan fingerprint density at radius 3 is 1.30 bits per heavy atom. The summed E-state index contributed by atoms with van der Waals surface area (Å²) in [6.45, 7) is 0. The minimum absolute atomic E-state index is 0. The first-order chi connectivity index (χ1) is 27.0. The van der Waals surface area contributed by atoms with Crippen LogP contribution >= 0.6 is 0 Å². The second-order valence-electron chi connectivity index (χ2n) is 12.2. The third-order valence-electron chi connectivity index (χ3n) is 8.81. The average molecular weight is 914 g/mol. The number of aromatic nitrogens is 7. The summed E-state index contributed by atoms with van der Waals surface area (Å²) in [5.41, 5.74) is 5.90. The summed E-state index contributed by atoms with van der Waals surface area (Å²) in [4.78, 5) is 17.8. The number of carboxylic acids is 1. The fourth-order valence-electron chi connectivity index (χ4n) is 6.16. The summed E-state index contributed by atoms with van der Waals surface area (Å²) in [5, 5.41) is 31.8. The second-order valence-corrected chi connectivity index (χ2v) is 12.2. The molecule has 0 spiro atoms. The Bertz CT molecular complexity index is 2760. The van der Waals surface area contributed by atoms with Crippen molar-refractivity contribution in [3.8, 4) is 22.9 Å². The third kappa shape index (κ3) is 7.52. The fraction of sp³-hybridized carbons (Fsp3) is 0.0455. The first-order valence-electron chi connectivity index (χ1n) is 17.2. The number of benzene rings is 7. The summed E-state index contributed by atoms with van der Waals surface area (Å²) in [6.07, 6.45) is 0. The predicted octanol–water partition coefficient (Wildman–Crippen LogP) is 8.70. The molecule has 0 aliphatic heterocycles. The van der Waals surface area contributed by atoms with E-state index in [0.717, 1.165) is 71.9 Å². The molecule has 3 aromatic heterocycles. The van der Waals surface area contributed by atoms with Crippen molar-refractivity contribution in [2.45, 2.75) is 0 Å². The normalized spacial score (nSPS) is 10.7. The molecule has 0 saturated carbocycles. The van der Waals surface area contributed by atoms with Crippen LogP contribution in [0.2, 0.25) is 0 Å². The number of para-hydroxylation sites is 1. The molecule has 10 aromatic rings. The molecule has 0 amide bonds. The zero-order valence-corrected chi connectivity index (χ0v) is 32.4. The fourth-order valence-corrected chi connectivity index (χ4v) is 6.16. The molecule has 56 heavy (non-hydrogen) atoms. The van der Waals surface area contributed by atoms with E-state index < -0.39 is 5.97 Å². The SMILES string of the molecule is COc1c[c-]c(-n2nc3ccccc3n2)c2ccccc12.COc1c[c-]c(-n2nc3ccccc3n2)c2ccccc12.O=C(O)c1ccc2ccccc2n1.[Ir]. The largest absolute Gasteiger partial charge is 0.554 e. The minimum atomic E-state index is -0.995. The van der Waals surface area contributed by atoms with Crippen molar-refractivity contribution < 1.29 is 39.5 Å². The van der Waals surface area contributed by atoms with Crippen LogP contribution < -0.4 is 9.47 Å². The van der Waals surface area contributed by atoms with Gasteiger partial charge in [-0.15, -0.1) is 24.3 Å². The summed E-state index contributed by atoms with van der Waals surface area (Å²) >= 11 is 0. The van der Waals surface area contributed by atoms with Crippen molar-refractivity contribution in [1.29, 1.82) is 0 Å². The molecule has 0 aliphatic rings. The Kier molecular flexibility index (Phi) is 11.0. The van der Waals surface area contributed by atoms with Crippen LogP contribution in [0, 0.1) is 12.1 Å². The van der Waals surface area contributed by atoms with Gasteiger partial charge in [0.15, 0.2) is 0 Å². The number of ether oxygens (including phenoxy) is 2. The molecule has 0 atom stereocenters. The molecule has 12 heteroatoms. The number of fused-ring (bicyclic) bond motifs is 5. The molecule has 0 fully saturated rings. The van der Waals surface area contributed by atoms with Gasteiger partial charge in [0.1, 0.15) is 27.8 Å². The van der Waals surface area contributed by atoms with Gasteiger partial charge in [-0.1, -0.05) is 106 Å². The number of rotatable bonds is 5. The van der Waals surface area contributed by atoms with E-state index in [1.807, 2.05) is 127 Å². The maximum atomic E-state index is 10.6. The predicted molar refractivity (Wildman–Crippen MR) is 212 cm³/mol. The molecular weight excluding hydrogens is 883 g/mol. The van der Waals surface area contributed by atoms with Crippen molar-refractivity contribution >= 4 is 60.5 Å². The van der Waals surface area contributed by atoms with Crippen LogP contribution in [0.3, 0.4) is 0 Å². The number of carboxylic acid groups (broad SMARTS) is 1. The Balaban J connectivity index is 0.000000132. The molecule has 0 aliphatic carbocycles. The Hall–Kier alpha value is -7.01. The van der Waals surface area contributed by atoms with Crippen molar-refractivity contribution in [2.75, 3.05) is 14.2 Å². The molecule has 1 radical (unpaired) electrons. The van der Waals surface area contributed by atoms with E-state index in [2.05, 4.69) is 37.5 Å². The van der Waals surface area contributed by atoms with Crippen LogP contribution in [0.5, 0.6) is 11.5 Å². The van der Waals surface area contributed by atoms with Crippen molar-refractivity contribution in [1.82, 2.24) is 35.0 Å². The van der Waals surface area contributed by atoms with E-state index in [9.17, 15) is 4.79 Å². The number of hydrogen-bond acceptors (Lipinski definition) is 8. The standard InChI is InChI=1S/2C17H12N3O.C10H7NO2.Ir/c2*1-21-17-11-10-16(12-6-2-3-7-13(12)17)20-18-14-8-4-5-9-15(14)19-20;12-10(13)9-6-5-7-3-1-2-4-8(7)11-9;/h2*2-9,11H,1H3;1-6H,(H,12,13);/q2*-1;;. The van der Waals surface area contributed by atoms with Gasteiger partial charge in [-0.2, -0.15) is 42.1 Å². The zero-order valence-electron chi connectivity index (χ0n) is 30.0. The van der Waals surface area contributed by atoms with Crippen LogP contribution in [0.4, 0.5) is 0 Å². The monoisotopic (exact) mass is 914 g/mol. The first-order valence-corrected chi connectivity index (χ1v) is 17.2.